The van der Waals surface area contributed by atoms with Gasteiger partial charge in [0.05, 0.1) is 13.2 Å². The molecule has 0 radical (unpaired) electrons. The summed E-state index contributed by atoms with van der Waals surface area (Å²) < 4.78 is 4.54. The summed E-state index contributed by atoms with van der Waals surface area (Å²) in [6.45, 7) is 1.41. The summed E-state index contributed by atoms with van der Waals surface area (Å²) in [6.07, 6.45) is 1.44. The standard InChI is InChI=1S/C11H15N3O3/c1-17-11(16)9-4-5-10(13-12-9)14-6-2-3-8(15)7-14/h4-5,8,15H,2-3,6-7H2,1H3. The van der Waals surface area contributed by atoms with E-state index in [0.717, 1.165) is 19.4 Å². The van der Waals surface area contributed by atoms with Crippen molar-refractivity contribution in [2.24, 2.45) is 0 Å². The third kappa shape index (κ3) is 2.71. The van der Waals surface area contributed by atoms with E-state index in [9.17, 15) is 9.90 Å². The van der Waals surface area contributed by atoms with Gasteiger partial charge < -0.3 is 14.7 Å². The number of aliphatic hydroxyl groups excluding tert-OH is 1. The third-order valence-corrected chi connectivity index (χ3v) is 2.77. The SMILES string of the molecule is COC(=O)c1ccc(N2CCCC(O)C2)nn1. The van der Waals surface area contributed by atoms with Crippen LogP contribution in [0.2, 0.25) is 0 Å². The molecule has 2 heterocycles. The fourth-order valence-electron chi connectivity index (χ4n) is 1.87. The van der Waals surface area contributed by atoms with Gasteiger partial charge >= 0.3 is 5.97 Å². The molecule has 1 N–H and O–H groups in total. The molecule has 6 heteroatoms. The highest BCUT2D eigenvalue weighted by molar-refractivity contribution is 5.86. The highest BCUT2D eigenvalue weighted by Crippen LogP contribution is 2.17. The van der Waals surface area contributed by atoms with Crippen molar-refractivity contribution in [1.82, 2.24) is 10.2 Å². The monoisotopic (exact) mass is 237 g/mol. The summed E-state index contributed by atoms with van der Waals surface area (Å²) in [5.41, 5.74) is 0.189. The van der Waals surface area contributed by atoms with Gasteiger partial charge in [-0.3, -0.25) is 0 Å². The molecule has 1 aliphatic heterocycles. The Bertz CT molecular complexity index is 393. The molecule has 1 fully saturated rings. The Morgan fingerprint density at radius 2 is 2.35 bits per heavy atom. The van der Waals surface area contributed by atoms with Crippen molar-refractivity contribution in [1.29, 1.82) is 0 Å². The second kappa shape index (κ2) is 5.09. The molecular weight excluding hydrogens is 222 g/mol. The molecule has 17 heavy (non-hydrogen) atoms. The van der Waals surface area contributed by atoms with Crippen LogP contribution in [0.25, 0.3) is 0 Å². The number of nitrogens with zero attached hydrogens (tertiary/aromatic N) is 3. The fourth-order valence-corrected chi connectivity index (χ4v) is 1.87. The highest BCUT2D eigenvalue weighted by atomic mass is 16.5. The molecule has 0 bridgehead atoms. The van der Waals surface area contributed by atoms with Gasteiger partial charge in [0.1, 0.15) is 0 Å². The summed E-state index contributed by atoms with van der Waals surface area (Å²) in [5, 5.41) is 17.3. The van der Waals surface area contributed by atoms with Crippen LogP contribution in [0.3, 0.4) is 0 Å². The number of hydrogen-bond acceptors (Lipinski definition) is 6. The van der Waals surface area contributed by atoms with E-state index in [1.54, 1.807) is 12.1 Å². The minimum atomic E-state index is -0.497. The minimum absolute atomic E-state index is 0.189. The number of carbonyl (C=O) groups is 1. The highest BCUT2D eigenvalue weighted by Gasteiger charge is 2.19. The molecule has 1 unspecified atom stereocenters. The molecule has 0 spiro atoms. The van der Waals surface area contributed by atoms with E-state index in [1.165, 1.54) is 7.11 Å². The van der Waals surface area contributed by atoms with Crippen molar-refractivity contribution >= 4 is 11.8 Å². The van der Waals surface area contributed by atoms with E-state index in [-0.39, 0.29) is 11.8 Å². The number of hydrogen-bond donors (Lipinski definition) is 1. The van der Waals surface area contributed by atoms with Crippen molar-refractivity contribution in [2.45, 2.75) is 18.9 Å². The first-order valence-corrected chi connectivity index (χ1v) is 5.56. The Kier molecular flexibility index (Phi) is 3.53. The maximum absolute atomic E-state index is 11.2. The van der Waals surface area contributed by atoms with Crippen LogP contribution in [0.15, 0.2) is 12.1 Å². The molecule has 0 saturated carbocycles. The van der Waals surface area contributed by atoms with Crippen LogP contribution < -0.4 is 4.90 Å². The number of anilines is 1. The second-order valence-electron chi connectivity index (χ2n) is 4.01. The number of ether oxygens (including phenoxy) is 1. The summed E-state index contributed by atoms with van der Waals surface area (Å²) in [7, 11) is 1.30. The number of rotatable bonds is 2. The van der Waals surface area contributed by atoms with Crippen LogP contribution in [0.4, 0.5) is 5.82 Å². The van der Waals surface area contributed by atoms with E-state index >= 15 is 0 Å². The number of β-amino-alcohol motifs (C(OH)–C–C–N with tert-alkyl or cyclic N) is 1. The Labute approximate surface area is 99.2 Å². The molecular formula is C11H15N3O3. The number of piperidine rings is 1. The van der Waals surface area contributed by atoms with Gasteiger partial charge in [0.15, 0.2) is 11.5 Å². The second-order valence-corrected chi connectivity index (χ2v) is 4.01. The summed E-state index contributed by atoms with van der Waals surface area (Å²) in [6, 6.07) is 3.30. The van der Waals surface area contributed by atoms with Crippen LogP contribution in [0, 0.1) is 0 Å². The van der Waals surface area contributed by atoms with E-state index in [1.807, 2.05) is 4.90 Å². The molecule has 1 saturated heterocycles. The Morgan fingerprint density at radius 3 is 2.94 bits per heavy atom. The predicted octanol–water partition coefficient (Wildman–Crippen LogP) is 0.224. The zero-order valence-electron chi connectivity index (χ0n) is 9.67. The first-order valence-electron chi connectivity index (χ1n) is 5.56. The fraction of sp³-hybridized carbons (Fsp3) is 0.545. The van der Waals surface area contributed by atoms with Crippen molar-refractivity contribution in [3.8, 4) is 0 Å². The Balaban J connectivity index is 2.09. The first kappa shape index (κ1) is 11.8. The van der Waals surface area contributed by atoms with Gasteiger partial charge in [-0.15, -0.1) is 10.2 Å². The third-order valence-electron chi connectivity index (χ3n) is 2.77. The maximum Gasteiger partial charge on any atom is 0.358 e. The molecule has 92 valence electrons. The zero-order chi connectivity index (χ0) is 12.3. The molecule has 0 amide bonds. The van der Waals surface area contributed by atoms with Gasteiger partial charge in [0, 0.05) is 13.1 Å². The molecule has 6 nitrogen and oxygen atoms in total. The van der Waals surface area contributed by atoms with Crippen molar-refractivity contribution < 1.29 is 14.6 Å². The topological polar surface area (TPSA) is 75.5 Å². The largest absolute Gasteiger partial charge is 0.464 e. The predicted molar refractivity (Wildman–Crippen MR) is 60.8 cm³/mol. The average Bonchev–Trinajstić information content (AvgIpc) is 2.38. The van der Waals surface area contributed by atoms with Crippen molar-refractivity contribution in [3.63, 3.8) is 0 Å². The first-order chi connectivity index (χ1) is 8.20. The normalized spacial score (nSPS) is 20.1. The molecule has 2 rings (SSSR count). The van der Waals surface area contributed by atoms with Crippen LogP contribution in [0.5, 0.6) is 0 Å². The smallest absolute Gasteiger partial charge is 0.358 e. The lowest BCUT2D eigenvalue weighted by molar-refractivity contribution is 0.0592. The summed E-state index contributed by atoms with van der Waals surface area (Å²) >= 11 is 0. The molecule has 1 aromatic heterocycles. The van der Waals surface area contributed by atoms with E-state index in [2.05, 4.69) is 14.9 Å². The molecule has 0 aromatic carbocycles. The Morgan fingerprint density at radius 1 is 1.53 bits per heavy atom. The summed E-state index contributed by atoms with van der Waals surface area (Å²) in [4.78, 5) is 13.1. The van der Waals surface area contributed by atoms with Crippen molar-refractivity contribution in [3.05, 3.63) is 17.8 Å². The summed E-state index contributed by atoms with van der Waals surface area (Å²) in [5.74, 6) is 0.180. The van der Waals surface area contributed by atoms with E-state index < -0.39 is 5.97 Å². The van der Waals surface area contributed by atoms with Crippen molar-refractivity contribution in [2.75, 3.05) is 25.1 Å². The lowest BCUT2D eigenvalue weighted by Crippen LogP contribution is -2.38. The minimum Gasteiger partial charge on any atom is -0.464 e. The van der Waals surface area contributed by atoms with Gasteiger partial charge in [-0.05, 0) is 25.0 Å². The van der Waals surface area contributed by atoms with Crippen LogP contribution >= 0.6 is 0 Å². The van der Waals surface area contributed by atoms with E-state index in [0.29, 0.717) is 12.4 Å². The number of methoxy groups -OCH3 is 1. The van der Waals surface area contributed by atoms with Crippen LogP contribution in [0.1, 0.15) is 23.3 Å². The lowest BCUT2D eigenvalue weighted by Gasteiger charge is -2.30. The maximum atomic E-state index is 11.2. The van der Waals surface area contributed by atoms with Gasteiger partial charge in [0.25, 0.3) is 0 Å². The quantitative estimate of drug-likeness (QED) is 0.742. The van der Waals surface area contributed by atoms with Gasteiger partial charge in [-0.25, -0.2) is 4.79 Å². The Hall–Kier alpha value is -1.69. The van der Waals surface area contributed by atoms with Gasteiger partial charge in [-0.1, -0.05) is 0 Å². The molecule has 1 aromatic rings. The lowest BCUT2D eigenvalue weighted by atomic mass is 10.1. The average molecular weight is 237 g/mol. The van der Waals surface area contributed by atoms with Gasteiger partial charge in [-0.2, -0.15) is 0 Å². The number of aliphatic hydroxyl groups is 1. The van der Waals surface area contributed by atoms with E-state index in [4.69, 9.17) is 0 Å². The number of esters is 1. The molecule has 0 aliphatic carbocycles. The van der Waals surface area contributed by atoms with Crippen LogP contribution in [-0.4, -0.2) is 47.6 Å². The number of carbonyl (C=O) groups excluding carboxylic acids is 1. The number of aromatic nitrogens is 2. The van der Waals surface area contributed by atoms with Gasteiger partial charge in [0.2, 0.25) is 0 Å². The molecule has 1 atom stereocenters. The molecule has 1 aliphatic rings. The van der Waals surface area contributed by atoms with Crippen LogP contribution in [-0.2, 0) is 4.74 Å². The zero-order valence-corrected chi connectivity index (χ0v) is 9.67.